The molecule has 0 atom stereocenters. The van der Waals surface area contributed by atoms with Crippen molar-refractivity contribution in [1.82, 2.24) is 5.32 Å². The second-order valence-electron chi connectivity index (χ2n) is 16.1. The number of benzene rings is 6. The van der Waals surface area contributed by atoms with E-state index in [4.69, 9.17) is 4.42 Å². The molecule has 1 aromatic heterocycles. The Morgan fingerprint density at radius 1 is 0.698 bits per heavy atom. The van der Waals surface area contributed by atoms with Crippen molar-refractivity contribution in [2.75, 3.05) is 0 Å². The Labute approximate surface area is 377 Å². The summed E-state index contributed by atoms with van der Waals surface area (Å²) in [6.07, 6.45) is 13.9. The molecule has 0 bridgehead atoms. The standard InChI is InChI=1S/C24H20O.C23H24.C12H15N.C2H6/c1-4-7-22-21-8-5-6-9-23(21)25-24(22)17(3)18-12-13-19-14-16(2)10-11-20(19)15-18;1-6-8-21-19(7-2)20-14-13-18(15-22(20)23(21,4)5)17-11-9-16(3)10-12-17;1-3-7-11(2)13-10-12-8-5-4-6-9-12;1-2/h4-15H,1H2,2-3H3;6-15H,2H2,1,3-5H3;3-9,13H,1,10H2,2H3;1-2H3/b22-7-,24-17-;8-6-;11-7-;. The highest BCUT2D eigenvalue weighted by Gasteiger charge is 2.35. The monoisotopic (exact) mass is 828 g/mol. The van der Waals surface area contributed by atoms with Crippen LogP contribution in [-0.4, -0.2) is 0 Å². The van der Waals surface area contributed by atoms with E-state index in [9.17, 15) is 0 Å². The molecule has 1 heterocycles. The molecule has 63 heavy (non-hydrogen) atoms. The van der Waals surface area contributed by atoms with Gasteiger partial charge in [-0.15, -0.1) is 0 Å². The van der Waals surface area contributed by atoms with E-state index in [1.54, 1.807) is 6.08 Å². The van der Waals surface area contributed by atoms with E-state index in [1.807, 2.05) is 81.5 Å². The Morgan fingerprint density at radius 3 is 2.03 bits per heavy atom. The number of hydrogen-bond donors (Lipinski definition) is 1. The highest BCUT2D eigenvalue weighted by Crippen LogP contribution is 2.48. The normalized spacial score (nSPS) is 13.5. The van der Waals surface area contributed by atoms with E-state index in [0.29, 0.717) is 0 Å². The number of aryl methyl sites for hydroxylation is 2. The van der Waals surface area contributed by atoms with Crippen LogP contribution in [0.3, 0.4) is 0 Å². The smallest absolute Gasteiger partial charge is 0.138 e. The molecular weight excluding hydrogens is 763 g/mol. The summed E-state index contributed by atoms with van der Waals surface area (Å²) in [5, 5.41) is 8.00. The van der Waals surface area contributed by atoms with Crippen molar-refractivity contribution in [3.05, 3.63) is 245 Å². The van der Waals surface area contributed by atoms with Crippen LogP contribution in [0, 0.1) is 13.8 Å². The minimum atomic E-state index is 0.00603. The van der Waals surface area contributed by atoms with E-state index in [2.05, 4.69) is 176 Å². The van der Waals surface area contributed by atoms with Crippen molar-refractivity contribution in [1.29, 1.82) is 0 Å². The van der Waals surface area contributed by atoms with Crippen LogP contribution < -0.4 is 16.0 Å². The highest BCUT2D eigenvalue weighted by atomic mass is 16.3. The van der Waals surface area contributed by atoms with Crippen molar-refractivity contribution in [2.24, 2.45) is 0 Å². The number of nitrogens with one attached hydrogen (secondary N) is 1. The second-order valence-corrected chi connectivity index (χ2v) is 16.1. The number of furan rings is 1. The van der Waals surface area contributed by atoms with Gasteiger partial charge >= 0.3 is 0 Å². The molecule has 7 aromatic rings. The van der Waals surface area contributed by atoms with E-state index in [-0.39, 0.29) is 5.41 Å². The minimum absolute atomic E-state index is 0.00603. The third-order valence-corrected chi connectivity index (χ3v) is 11.3. The lowest BCUT2D eigenvalue weighted by Gasteiger charge is -2.23. The van der Waals surface area contributed by atoms with Gasteiger partial charge in [0.15, 0.2) is 0 Å². The molecular formula is C61H65NO. The topological polar surface area (TPSA) is 25.2 Å². The van der Waals surface area contributed by atoms with Crippen molar-refractivity contribution < 1.29 is 4.42 Å². The first-order chi connectivity index (χ1) is 30.5. The number of hydrogen-bond acceptors (Lipinski definition) is 2. The van der Waals surface area contributed by atoms with Gasteiger partial charge in [0.1, 0.15) is 11.0 Å². The van der Waals surface area contributed by atoms with Crippen LogP contribution in [0.5, 0.6) is 0 Å². The van der Waals surface area contributed by atoms with Gasteiger partial charge in [-0.1, -0.05) is 210 Å². The zero-order valence-corrected chi connectivity index (χ0v) is 39.0. The Bertz CT molecular complexity index is 2910. The summed E-state index contributed by atoms with van der Waals surface area (Å²) in [6.45, 7) is 31.5. The van der Waals surface area contributed by atoms with Crippen LogP contribution >= 0.6 is 0 Å². The predicted molar refractivity (Wildman–Crippen MR) is 277 cm³/mol. The molecule has 0 fully saturated rings. The van der Waals surface area contributed by atoms with Gasteiger partial charge < -0.3 is 9.73 Å². The molecule has 1 N–H and O–H groups in total. The molecule has 8 rings (SSSR count). The number of rotatable bonds is 9. The molecule has 0 amide bonds. The van der Waals surface area contributed by atoms with E-state index >= 15 is 0 Å². The number of allylic oxidation sites excluding steroid dienone is 9. The zero-order valence-electron chi connectivity index (χ0n) is 39.0. The molecule has 1 aliphatic carbocycles. The third-order valence-electron chi connectivity index (χ3n) is 11.3. The number of para-hydroxylation sites is 1. The largest absolute Gasteiger partial charge is 0.456 e. The minimum Gasteiger partial charge on any atom is -0.456 e. The van der Waals surface area contributed by atoms with Crippen molar-refractivity contribution in [3.63, 3.8) is 0 Å². The molecule has 0 unspecified atom stereocenters. The lowest BCUT2D eigenvalue weighted by molar-refractivity contribution is 0.572. The fourth-order valence-corrected chi connectivity index (χ4v) is 7.96. The summed E-state index contributed by atoms with van der Waals surface area (Å²) in [4.78, 5) is 0. The molecule has 2 nitrogen and oxygen atoms in total. The maximum atomic E-state index is 6.18. The maximum Gasteiger partial charge on any atom is 0.138 e. The van der Waals surface area contributed by atoms with Crippen molar-refractivity contribution >= 4 is 39.0 Å². The van der Waals surface area contributed by atoms with Crippen LogP contribution in [0.15, 0.2) is 205 Å². The summed E-state index contributed by atoms with van der Waals surface area (Å²) in [6, 6.07) is 47.2. The van der Waals surface area contributed by atoms with Gasteiger partial charge in [-0.2, -0.15) is 0 Å². The molecule has 0 saturated carbocycles. The Morgan fingerprint density at radius 2 is 1.35 bits per heavy atom. The van der Waals surface area contributed by atoms with Crippen LogP contribution in [-0.2, 0) is 12.0 Å². The molecule has 320 valence electrons. The molecule has 6 aromatic carbocycles. The van der Waals surface area contributed by atoms with Crippen LogP contribution in [0.4, 0.5) is 0 Å². The molecule has 1 aliphatic rings. The summed E-state index contributed by atoms with van der Waals surface area (Å²) >= 11 is 0. The fourth-order valence-electron chi connectivity index (χ4n) is 7.96. The molecule has 2 heteroatoms. The Balaban J connectivity index is 0.000000183. The Hall–Kier alpha value is -6.90. The first-order valence-electron chi connectivity index (χ1n) is 22.1. The summed E-state index contributed by atoms with van der Waals surface area (Å²) < 4.78 is 6.18. The van der Waals surface area contributed by atoms with E-state index < -0.39 is 0 Å². The quantitative estimate of drug-likeness (QED) is 0.147. The lowest BCUT2D eigenvalue weighted by Crippen LogP contribution is -2.22. The maximum absolute atomic E-state index is 6.18. The summed E-state index contributed by atoms with van der Waals surface area (Å²) in [5.74, 6) is 0. The van der Waals surface area contributed by atoms with Gasteiger partial charge in [0.25, 0.3) is 0 Å². The summed E-state index contributed by atoms with van der Waals surface area (Å²) in [7, 11) is 0. The lowest BCUT2D eigenvalue weighted by atomic mass is 9.80. The van der Waals surface area contributed by atoms with Gasteiger partial charge in [-0.25, -0.2) is 0 Å². The first-order valence-corrected chi connectivity index (χ1v) is 22.1. The average Bonchev–Trinajstić information content (AvgIpc) is 3.77. The predicted octanol–water partition coefficient (Wildman–Crippen LogP) is 15.4. The highest BCUT2D eigenvalue weighted by molar-refractivity contribution is 5.89. The molecule has 0 radical (unpaired) electrons. The van der Waals surface area contributed by atoms with Crippen molar-refractivity contribution in [2.45, 2.75) is 74.3 Å². The molecule has 0 aliphatic heterocycles. The van der Waals surface area contributed by atoms with Crippen LogP contribution in [0.1, 0.15) is 81.8 Å². The number of fused-ring (bicyclic) bond motifs is 3. The van der Waals surface area contributed by atoms with Gasteiger partial charge in [0.05, 0.1) is 0 Å². The van der Waals surface area contributed by atoms with Crippen LogP contribution in [0.2, 0.25) is 0 Å². The van der Waals surface area contributed by atoms with E-state index in [1.165, 1.54) is 66.4 Å². The first kappa shape index (κ1) is 47.2. The molecule has 0 saturated heterocycles. The molecule has 0 spiro atoms. The average molecular weight is 828 g/mol. The van der Waals surface area contributed by atoms with Gasteiger partial charge in [0.2, 0.25) is 0 Å². The second kappa shape index (κ2) is 22.3. The van der Waals surface area contributed by atoms with Crippen molar-refractivity contribution in [3.8, 4) is 11.1 Å². The van der Waals surface area contributed by atoms with Gasteiger partial charge in [-0.05, 0) is 120 Å². The fraction of sp³-hybridized carbons (Fsp3) is 0.180. The zero-order chi connectivity index (χ0) is 45.5. The van der Waals surface area contributed by atoms with Gasteiger partial charge in [0, 0.05) is 28.3 Å². The van der Waals surface area contributed by atoms with Gasteiger partial charge in [-0.3, -0.25) is 0 Å². The summed E-state index contributed by atoms with van der Waals surface area (Å²) in [5.41, 5.74) is 17.0. The third kappa shape index (κ3) is 11.3. The Kier molecular flexibility index (Phi) is 16.7. The van der Waals surface area contributed by atoms with E-state index in [0.717, 1.165) is 39.4 Å². The SMILES string of the molecule is C=C/C=C(/C)NCc1ccccc1.C=C/C=c1\c(=C(/C)c2ccc3cc(C)ccc3c2)oc2ccccc12.C=CC1=C(/C=C\C)C(C)(C)c2cc(-c3ccc(C)cc3)ccc21.CC. The van der Waals surface area contributed by atoms with Crippen LogP contribution in [0.25, 0.3) is 50.1 Å².